The van der Waals surface area contributed by atoms with Crippen LogP contribution in [-0.2, 0) is 16.1 Å². The second-order valence-electron chi connectivity index (χ2n) is 5.84. The van der Waals surface area contributed by atoms with E-state index in [1.165, 1.54) is 0 Å². The molecule has 1 fully saturated rings. The molecule has 130 valence electrons. The minimum Gasteiger partial charge on any atom is -0.484 e. The number of amides is 2. The molecule has 2 aromatic carbocycles. The molecule has 25 heavy (non-hydrogen) atoms. The van der Waals surface area contributed by atoms with Crippen LogP contribution < -0.4 is 15.0 Å². The molecule has 0 spiro atoms. The number of ether oxygens (including phenoxy) is 1. The number of rotatable bonds is 6. The molecule has 0 aliphatic carbocycles. The highest BCUT2D eigenvalue weighted by Gasteiger charge is 2.21. The summed E-state index contributed by atoms with van der Waals surface area (Å²) in [5.41, 5.74) is 1.73. The number of hydrogen-bond donors (Lipinski definition) is 1. The van der Waals surface area contributed by atoms with Crippen molar-refractivity contribution in [1.82, 2.24) is 5.32 Å². The number of halogens is 1. The Balaban J connectivity index is 1.51. The van der Waals surface area contributed by atoms with Gasteiger partial charge in [0.15, 0.2) is 6.61 Å². The topological polar surface area (TPSA) is 58.6 Å². The smallest absolute Gasteiger partial charge is 0.258 e. The zero-order valence-electron chi connectivity index (χ0n) is 13.7. The summed E-state index contributed by atoms with van der Waals surface area (Å²) in [7, 11) is 0. The fourth-order valence-corrected chi connectivity index (χ4v) is 2.92. The molecule has 0 bridgehead atoms. The van der Waals surface area contributed by atoms with Gasteiger partial charge in [0.25, 0.3) is 5.91 Å². The Hall–Kier alpha value is -2.53. The normalized spacial score (nSPS) is 13.8. The van der Waals surface area contributed by atoms with E-state index in [2.05, 4.69) is 5.32 Å². The molecule has 2 amide bonds. The summed E-state index contributed by atoms with van der Waals surface area (Å²) >= 11 is 5.91. The standard InChI is InChI=1S/C19H19ClN2O3/c20-15-5-1-4-14(10-15)12-21-18(23)13-25-17-7-2-6-16(11-17)22-9-3-8-19(22)24/h1-2,4-7,10-11H,3,8-9,12-13H2,(H,21,23). The van der Waals surface area contributed by atoms with Gasteiger partial charge in [-0.2, -0.15) is 0 Å². The van der Waals surface area contributed by atoms with E-state index in [9.17, 15) is 9.59 Å². The van der Waals surface area contributed by atoms with Crippen molar-refractivity contribution >= 4 is 29.1 Å². The van der Waals surface area contributed by atoms with Gasteiger partial charge in [0, 0.05) is 36.3 Å². The Labute approximate surface area is 151 Å². The van der Waals surface area contributed by atoms with Crippen LogP contribution in [0, 0.1) is 0 Å². The van der Waals surface area contributed by atoms with Crippen LogP contribution in [0.1, 0.15) is 18.4 Å². The number of carbonyl (C=O) groups excluding carboxylic acids is 2. The van der Waals surface area contributed by atoms with E-state index in [1.54, 1.807) is 29.2 Å². The lowest BCUT2D eigenvalue weighted by Crippen LogP contribution is -2.28. The van der Waals surface area contributed by atoms with Crippen molar-refractivity contribution in [2.24, 2.45) is 0 Å². The van der Waals surface area contributed by atoms with Crippen molar-refractivity contribution < 1.29 is 14.3 Å². The van der Waals surface area contributed by atoms with Crippen molar-refractivity contribution in [3.05, 3.63) is 59.1 Å². The molecule has 2 aromatic rings. The van der Waals surface area contributed by atoms with Gasteiger partial charge in [0.05, 0.1) is 0 Å². The maximum atomic E-state index is 11.9. The third-order valence-corrected chi connectivity index (χ3v) is 4.19. The molecule has 1 N–H and O–H groups in total. The van der Waals surface area contributed by atoms with Gasteiger partial charge in [-0.1, -0.05) is 29.8 Å². The van der Waals surface area contributed by atoms with Crippen LogP contribution in [0.4, 0.5) is 5.69 Å². The summed E-state index contributed by atoms with van der Waals surface area (Å²) < 4.78 is 5.54. The minimum absolute atomic E-state index is 0.0854. The lowest BCUT2D eigenvalue weighted by Gasteiger charge is -2.16. The Kier molecular flexibility index (Phi) is 5.56. The summed E-state index contributed by atoms with van der Waals surface area (Å²) in [6, 6.07) is 14.6. The van der Waals surface area contributed by atoms with Gasteiger partial charge in [-0.15, -0.1) is 0 Å². The molecule has 1 heterocycles. The van der Waals surface area contributed by atoms with Crippen LogP contribution in [0.5, 0.6) is 5.75 Å². The first-order chi connectivity index (χ1) is 12.1. The minimum atomic E-state index is -0.220. The quantitative estimate of drug-likeness (QED) is 0.862. The molecular weight excluding hydrogens is 340 g/mol. The average Bonchev–Trinajstić information content (AvgIpc) is 3.04. The first-order valence-corrected chi connectivity index (χ1v) is 8.54. The van der Waals surface area contributed by atoms with Crippen LogP contribution >= 0.6 is 11.6 Å². The van der Waals surface area contributed by atoms with Crippen molar-refractivity contribution in [3.63, 3.8) is 0 Å². The molecule has 0 atom stereocenters. The fourth-order valence-electron chi connectivity index (χ4n) is 2.71. The van der Waals surface area contributed by atoms with E-state index in [0.29, 0.717) is 23.7 Å². The summed E-state index contributed by atoms with van der Waals surface area (Å²) in [6.45, 7) is 1.03. The number of carbonyl (C=O) groups is 2. The molecule has 1 aliphatic heterocycles. The lowest BCUT2D eigenvalue weighted by atomic mass is 10.2. The van der Waals surface area contributed by atoms with Crippen LogP contribution in [-0.4, -0.2) is 25.0 Å². The SMILES string of the molecule is O=C(COc1cccc(N2CCCC2=O)c1)NCc1cccc(Cl)c1. The second kappa shape index (κ2) is 8.03. The molecule has 5 nitrogen and oxygen atoms in total. The Morgan fingerprint density at radius 2 is 2.04 bits per heavy atom. The molecule has 0 aromatic heterocycles. The molecule has 0 radical (unpaired) electrons. The molecular formula is C19H19ClN2O3. The monoisotopic (exact) mass is 358 g/mol. The number of nitrogens with zero attached hydrogens (tertiary/aromatic N) is 1. The highest BCUT2D eigenvalue weighted by molar-refractivity contribution is 6.30. The van der Waals surface area contributed by atoms with Gasteiger partial charge in [-0.25, -0.2) is 0 Å². The predicted octanol–water partition coefficient (Wildman–Crippen LogP) is 3.16. The maximum Gasteiger partial charge on any atom is 0.258 e. The molecule has 0 unspecified atom stereocenters. The largest absolute Gasteiger partial charge is 0.484 e. The van der Waals surface area contributed by atoms with E-state index in [4.69, 9.17) is 16.3 Å². The lowest BCUT2D eigenvalue weighted by molar-refractivity contribution is -0.123. The highest BCUT2D eigenvalue weighted by Crippen LogP contribution is 2.25. The highest BCUT2D eigenvalue weighted by atomic mass is 35.5. The first-order valence-electron chi connectivity index (χ1n) is 8.16. The van der Waals surface area contributed by atoms with Crippen molar-refractivity contribution in [1.29, 1.82) is 0 Å². The fraction of sp³-hybridized carbons (Fsp3) is 0.263. The molecule has 6 heteroatoms. The van der Waals surface area contributed by atoms with Crippen molar-refractivity contribution in [2.75, 3.05) is 18.1 Å². The first kappa shape index (κ1) is 17.3. The van der Waals surface area contributed by atoms with Gasteiger partial charge in [0.1, 0.15) is 5.75 Å². The number of anilines is 1. The molecule has 0 saturated carbocycles. The molecule has 1 saturated heterocycles. The Morgan fingerprint density at radius 1 is 1.20 bits per heavy atom. The maximum absolute atomic E-state index is 11.9. The zero-order chi connectivity index (χ0) is 17.6. The number of hydrogen-bond acceptors (Lipinski definition) is 3. The summed E-state index contributed by atoms with van der Waals surface area (Å²) in [6.07, 6.45) is 1.45. The van der Waals surface area contributed by atoms with Gasteiger partial charge in [-0.3, -0.25) is 9.59 Å². The van der Waals surface area contributed by atoms with E-state index in [0.717, 1.165) is 24.2 Å². The van der Waals surface area contributed by atoms with Crippen molar-refractivity contribution in [3.8, 4) is 5.75 Å². The van der Waals surface area contributed by atoms with E-state index >= 15 is 0 Å². The van der Waals surface area contributed by atoms with Gasteiger partial charge in [-0.05, 0) is 36.2 Å². The van der Waals surface area contributed by atoms with E-state index < -0.39 is 0 Å². The molecule has 3 rings (SSSR count). The summed E-state index contributed by atoms with van der Waals surface area (Å²) in [4.78, 5) is 25.5. The van der Waals surface area contributed by atoms with Crippen LogP contribution in [0.2, 0.25) is 5.02 Å². The second-order valence-corrected chi connectivity index (χ2v) is 6.28. The van der Waals surface area contributed by atoms with E-state index in [-0.39, 0.29) is 18.4 Å². The Bertz CT molecular complexity index is 779. The summed E-state index contributed by atoms with van der Waals surface area (Å²) in [5, 5.41) is 3.42. The predicted molar refractivity (Wildman–Crippen MR) is 96.8 cm³/mol. The summed E-state index contributed by atoms with van der Waals surface area (Å²) in [5.74, 6) is 0.467. The van der Waals surface area contributed by atoms with Crippen molar-refractivity contribution in [2.45, 2.75) is 19.4 Å². The van der Waals surface area contributed by atoms with Crippen LogP contribution in [0.15, 0.2) is 48.5 Å². The van der Waals surface area contributed by atoms with Crippen LogP contribution in [0.25, 0.3) is 0 Å². The number of nitrogens with one attached hydrogen (secondary N) is 1. The van der Waals surface area contributed by atoms with Gasteiger partial charge in [0.2, 0.25) is 5.91 Å². The molecule has 1 aliphatic rings. The zero-order valence-corrected chi connectivity index (χ0v) is 14.5. The van der Waals surface area contributed by atoms with Gasteiger partial charge >= 0.3 is 0 Å². The van der Waals surface area contributed by atoms with E-state index in [1.807, 2.05) is 24.3 Å². The Morgan fingerprint density at radius 3 is 2.80 bits per heavy atom. The number of benzene rings is 2. The third kappa shape index (κ3) is 4.73. The van der Waals surface area contributed by atoms with Crippen LogP contribution in [0.3, 0.4) is 0 Å². The van der Waals surface area contributed by atoms with Gasteiger partial charge < -0.3 is 15.0 Å². The third-order valence-electron chi connectivity index (χ3n) is 3.95. The average molecular weight is 359 g/mol.